The number of benzene rings is 2. The van der Waals surface area contributed by atoms with E-state index in [2.05, 4.69) is 26.3 Å². The Balaban J connectivity index is 1.41. The lowest BCUT2D eigenvalue weighted by atomic mass is 10.1. The van der Waals surface area contributed by atoms with Crippen LogP contribution in [0.1, 0.15) is 11.3 Å². The van der Waals surface area contributed by atoms with E-state index in [9.17, 15) is 14.4 Å². The van der Waals surface area contributed by atoms with E-state index in [0.717, 1.165) is 31.9 Å². The second-order valence-corrected chi connectivity index (χ2v) is 7.91. The predicted octanol–water partition coefficient (Wildman–Crippen LogP) is 2.92. The van der Waals surface area contributed by atoms with Gasteiger partial charge >= 0.3 is 6.09 Å². The van der Waals surface area contributed by atoms with Crippen molar-refractivity contribution in [2.45, 2.75) is 6.92 Å². The fraction of sp³-hybridized carbons (Fsp3) is 0.292. The van der Waals surface area contributed by atoms with Crippen molar-refractivity contribution in [3.05, 3.63) is 65.7 Å². The molecule has 0 saturated carbocycles. The highest BCUT2D eigenvalue weighted by Crippen LogP contribution is 2.26. The van der Waals surface area contributed by atoms with Gasteiger partial charge in [-0.1, -0.05) is 0 Å². The summed E-state index contributed by atoms with van der Waals surface area (Å²) >= 11 is 0. The maximum atomic E-state index is 13.2. The first-order valence-electron chi connectivity index (χ1n) is 10.9. The smallest absolute Gasteiger partial charge is 0.406 e. The van der Waals surface area contributed by atoms with Crippen molar-refractivity contribution in [3.63, 3.8) is 0 Å². The van der Waals surface area contributed by atoms with E-state index in [1.165, 1.54) is 16.8 Å². The highest BCUT2D eigenvalue weighted by Gasteiger charge is 2.20. The van der Waals surface area contributed by atoms with Gasteiger partial charge in [0.25, 0.3) is 0 Å². The van der Waals surface area contributed by atoms with Gasteiger partial charge in [-0.2, -0.15) is 10.4 Å². The Labute approximate surface area is 196 Å². The fourth-order valence-corrected chi connectivity index (χ4v) is 3.85. The zero-order chi connectivity index (χ0) is 24.1. The fourth-order valence-electron chi connectivity index (χ4n) is 3.85. The molecule has 1 saturated heterocycles. The summed E-state index contributed by atoms with van der Waals surface area (Å²) in [4.78, 5) is 16.8. The van der Waals surface area contributed by atoms with Crippen LogP contribution in [-0.4, -0.2) is 65.2 Å². The number of aryl methyl sites for hydroxylation is 1. The molecule has 2 heterocycles. The van der Waals surface area contributed by atoms with Crippen molar-refractivity contribution >= 4 is 17.5 Å². The standard InChI is InChI=1S/C24H25FN6O3/c1-17-23(16-31(28-17)21-5-2-19(25)3-6-21)34-24(33)27-20-4-7-22(18(14-20)15-26)30-10-8-29(9-11-30)12-13-32/h2-7,14,16,32H,8-13H2,1H3,(H,27,33). The van der Waals surface area contributed by atoms with Gasteiger partial charge in [0.05, 0.1) is 29.7 Å². The van der Waals surface area contributed by atoms with Crippen LogP contribution in [0.15, 0.2) is 48.7 Å². The number of ether oxygens (including phenoxy) is 1. The summed E-state index contributed by atoms with van der Waals surface area (Å²) in [7, 11) is 0. The molecular weight excluding hydrogens is 439 g/mol. The third-order valence-corrected chi connectivity index (χ3v) is 5.64. The van der Waals surface area contributed by atoms with Gasteiger partial charge < -0.3 is 14.7 Å². The number of β-amino-alcohol motifs (C(OH)–C–C–N with tert-alkyl or cyclic N) is 1. The molecule has 0 radical (unpaired) electrons. The number of aliphatic hydroxyl groups excluding tert-OH is 1. The lowest BCUT2D eigenvalue weighted by molar-refractivity contribution is 0.189. The monoisotopic (exact) mass is 464 g/mol. The number of piperazine rings is 1. The number of amides is 1. The molecule has 1 aromatic heterocycles. The SMILES string of the molecule is Cc1nn(-c2ccc(F)cc2)cc1OC(=O)Nc1ccc(N2CCN(CCO)CC2)c(C#N)c1. The predicted molar refractivity (Wildman–Crippen MR) is 125 cm³/mol. The zero-order valence-electron chi connectivity index (χ0n) is 18.7. The largest absolute Gasteiger partial charge is 0.417 e. The molecule has 0 spiro atoms. The highest BCUT2D eigenvalue weighted by molar-refractivity contribution is 5.87. The maximum absolute atomic E-state index is 13.2. The van der Waals surface area contributed by atoms with Crippen molar-refractivity contribution in [3.8, 4) is 17.5 Å². The van der Waals surface area contributed by atoms with Gasteiger partial charge in [0.15, 0.2) is 5.75 Å². The number of carbonyl (C=O) groups excluding carboxylic acids is 1. The molecule has 3 aromatic rings. The number of carbonyl (C=O) groups is 1. The van der Waals surface area contributed by atoms with Crippen LogP contribution in [0.25, 0.3) is 5.69 Å². The van der Waals surface area contributed by atoms with E-state index < -0.39 is 6.09 Å². The summed E-state index contributed by atoms with van der Waals surface area (Å²) in [5.41, 5.74) is 2.82. The van der Waals surface area contributed by atoms with Gasteiger partial charge in [0.2, 0.25) is 0 Å². The number of aromatic nitrogens is 2. The van der Waals surface area contributed by atoms with Gasteiger partial charge in [-0.05, 0) is 49.4 Å². The van der Waals surface area contributed by atoms with Crippen molar-refractivity contribution < 1.29 is 19.0 Å². The number of nitriles is 1. The Morgan fingerprint density at radius 2 is 1.94 bits per heavy atom. The Kier molecular flexibility index (Phi) is 7.06. The zero-order valence-corrected chi connectivity index (χ0v) is 18.7. The first-order valence-corrected chi connectivity index (χ1v) is 10.9. The molecule has 4 rings (SSSR count). The summed E-state index contributed by atoms with van der Waals surface area (Å²) < 4.78 is 20.1. The van der Waals surface area contributed by atoms with Gasteiger partial charge in [-0.25, -0.2) is 13.9 Å². The maximum Gasteiger partial charge on any atom is 0.417 e. The van der Waals surface area contributed by atoms with Crippen LogP contribution < -0.4 is 15.0 Å². The van der Waals surface area contributed by atoms with Crippen molar-refractivity contribution in [2.24, 2.45) is 0 Å². The number of halogens is 1. The van der Waals surface area contributed by atoms with Gasteiger partial charge in [-0.3, -0.25) is 10.2 Å². The van der Waals surface area contributed by atoms with Crippen LogP contribution in [0.4, 0.5) is 20.6 Å². The molecule has 2 N–H and O–H groups in total. The minimum absolute atomic E-state index is 0.131. The Bertz CT molecular complexity index is 1200. The first-order chi connectivity index (χ1) is 16.5. The molecule has 0 bridgehead atoms. The first kappa shape index (κ1) is 23.2. The second kappa shape index (κ2) is 10.3. The molecule has 0 unspecified atom stereocenters. The number of hydrogen-bond donors (Lipinski definition) is 2. The topological polar surface area (TPSA) is 107 Å². The van der Waals surface area contributed by atoms with Crippen LogP contribution in [0.2, 0.25) is 0 Å². The van der Waals surface area contributed by atoms with Gasteiger partial charge in [0, 0.05) is 38.4 Å². The summed E-state index contributed by atoms with van der Waals surface area (Å²) in [5, 5.41) is 25.7. The summed E-state index contributed by atoms with van der Waals surface area (Å²) in [6.45, 7) is 5.59. The average molecular weight is 465 g/mol. The van der Waals surface area contributed by atoms with Crippen molar-refractivity contribution in [1.82, 2.24) is 14.7 Å². The Morgan fingerprint density at radius 1 is 1.21 bits per heavy atom. The van der Waals surface area contributed by atoms with Crippen LogP contribution in [-0.2, 0) is 0 Å². The lowest BCUT2D eigenvalue weighted by Gasteiger charge is -2.36. The molecule has 0 atom stereocenters. The minimum atomic E-state index is -0.712. The molecule has 1 aliphatic heterocycles. The molecule has 1 fully saturated rings. The van der Waals surface area contributed by atoms with E-state index >= 15 is 0 Å². The highest BCUT2D eigenvalue weighted by atomic mass is 19.1. The molecule has 9 nitrogen and oxygen atoms in total. The average Bonchev–Trinajstić information content (AvgIpc) is 3.20. The third-order valence-electron chi connectivity index (χ3n) is 5.64. The number of hydrogen-bond acceptors (Lipinski definition) is 7. The normalized spacial score (nSPS) is 14.0. The van der Waals surface area contributed by atoms with Gasteiger partial charge in [-0.15, -0.1) is 0 Å². The van der Waals surface area contributed by atoms with Crippen LogP contribution >= 0.6 is 0 Å². The quantitative estimate of drug-likeness (QED) is 0.578. The molecule has 34 heavy (non-hydrogen) atoms. The summed E-state index contributed by atoms with van der Waals surface area (Å²) in [5.74, 6) is -0.0881. The third kappa shape index (κ3) is 5.33. The van der Waals surface area contributed by atoms with Crippen LogP contribution in [0.3, 0.4) is 0 Å². The molecular formula is C24H25FN6O3. The van der Waals surface area contributed by atoms with E-state index in [4.69, 9.17) is 9.84 Å². The van der Waals surface area contributed by atoms with E-state index in [1.54, 1.807) is 37.4 Å². The van der Waals surface area contributed by atoms with Gasteiger partial charge in [0.1, 0.15) is 17.6 Å². The molecule has 0 aliphatic carbocycles. The van der Waals surface area contributed by atoms with E-state index in [0.29, 0.717) is 29.2 Å². The number of rotatable bonds is 6. The van der Waals surface area contributed by atoms with E-state index in [-0.39, 0.29) is 18.2 Å². The summed E-state index contributed by atoms with van der Waals surface area (Å²) in [6, 6.07) is 13.2. The van der Waals surface area contributed by atoms with Crippen molar-refractivity contribution in [2.75, 3.05) is 49.5 Å². The Morgan fingerprint density at radius 3 is 2.62 bits per heavy atom. The number of aliphatic hydroxyl groups is 1. The molecule has 2 aromatic carbocycles. The molecule has 10 heteroatoms. The van der Waals surface area contributed by atoms with Crippen LogP contribution in [0, 0.1) is 24.1 Å². The molecule has 176 valence electrons. The molecule has 1 aliphatic rings. The summed E-state index contributed by atoms with van der Waals surface area (Å²) in [6.07, 6.45) is 0.832. The number of nitrogens with one attached hydrogen (secondary N) is 1. The number of anilines is 2. The number of nitrogens with zero attached hydrogens (tertiary/aromatic N) is 5. The lowest BCUT2D eigenvalue weighted by Crippen LogP contribution is -2.47. The Hall–Kier alpha value is -3.94. The van der Waals surface area contributed by atoms with E-state index in [1.807, 2.05) is 6.07 Å². The minimum Gasteiger partial charge on any atom is -0.406 e. The van der Waals surface area contributed by atoms with Crippen molar-refractivity contribution in [1.29, 1.82) is 5.26 Å². The second-order valence-electron chi connectivity index (χ2n) is 7.91. The van der Waals surface area contributed by atoms with Crippen LogP contribution in [0.5, 0.6) is 5.75 Å². The molecule has 1 amide bonds.